The van der Waals surface area contributed by atoms with Crippen molar-refractivity contribution in [3.05, 3.63) is 90.0 Å². The summed E-state index contributed by atoms with van der Waals surface area (Å²) in [7, 11) is -4.16. The molecule has 3 rings (SSSR count). The van der Waals surface area contributed by atoms with Gasteiger partial charge in [-0.15, -0.1) is 0 Å². The fourth-order valence-corrected chi connectivity index (χ4v) is 4.66. The van der Waals surface area contributed by atoms with Crippen molar-refractivity contribution in [1.82, 2.24) is 0 Å². The van der Waals surface area contributed by atoms with Crippen LogP contribution in [0.3, 0.4) is 0 Å². The number of carbonyl (C=O) groups is 1. The molecular formula is C24H23F3N2O3S. The molecule has 3 aromatic rings. The van der Waals surface area contributed by atoms with Crippen molar-refractivity contribution >= 4 is 27.3 Å². The number of hydrogen-bond acceptors (Lipinski definition) is 3. The third-order valence-corrected chi connectivity index (χ3v) is 6.76. The summed E-state index contributed by atoms with van der Waals surface area (Å²) >= 11 is 0. The molecule has 0 heterocycles. The number of halogens is 3. The van der Waals surface area contributed by atoms with Crippen molar-refractivity contribution in [2.45, 2.75) is 30.8 Å². The first-order valence-electron chi connectivity index (χ1n) is 10.1. The Morgan fingerprint density at radius 2 is 1.48 bits per heavy atom. The molecule has 0 aliphatic rings. The first-order chi connectivity index (χ1) is 15.5. The Balaban J connectivity index is 1.96. The Hall–Kier alpha value is -3.33. The van der Waals surface area contributed by atoms with E-state index in [1.807, 2.05) is 13.8 Å². The summed E-state index contributed by atoms with van der Waals surface area (Å²) in [5.74, 6) is -0.695. The number of hydrogen-bond donors (Lipinski definition) is 1. The zero-order valence-electron chi connectivity index (χ0n) is 18.0. The van der Waals surface area contributed by atoms with Crippen LogP contribution in [0.25, 0.3) is 0 Å². The second-order valence-electron chi connectivity index (χ2n) is 7.66. The second-order valence-corrected chi connectivity index (χ2v) is 9.52. The molecule has 33 heavy (non-hydrogen) atoms. The van der Waals surface area contributed by atoms with Gasteiger partial charge in [-0.25, -0.2) is 8.42 Å². The zero-order valence-corrected chi connectivity index (χ0v) is 18.8. The van der Waals surface area contributed by atoms with Gasteiger partial charge in [0, 0.05) is 0 Å². The normalized spacial score (nSPS) is 11.9. The number of benzene rings is 3. The quantitative estimate of drug-likeness (QED) is 0.478. The Morgan fingerprint density at radius 3 is 2.06 bits per heavy atom. The first kappa shape index (κ1) is 24.3. The van der Waals surface area contributed by atoms with E-state index in [1.165, 1.54) is 24.3 Å². The van der Waals surface area contributed by atoms with Gasteiger partial charge in [-0.2, -0.15) is 13.2 Å². The molecule has 1 N–H and O–H groups in total. The SMILES string of the molecule is CC(C)c1ccc(N(CC(=O)Nc2ccccc2C(F)(F)F)S(=O)(=O)c2ccccc2)cc1. The van der Waals surface area contributed by atoms with E-state index in [4.69, 9.17) is 0 Å². The number of para-hydroxylation sites is 1. The van der Waals surface area contributed by atoms with Gasteiger partial charge in [-0.1, -0.05) is 56.3 Å². The average molecular weight is 477 g/mol. The Morgan fingerprint density at radius 1 is 0.909 bits per heavy atom. The predicted octanol–water partition coefficient (Wildman–Crippen LogP) is 5.66. The van der Waals surface area contributed by atoms with Gasteiger partial charge < -0.3 is 5.32 Å². The average Bonchev–Trinajstić information content (AvgIpc) is 2.77. The van der Waals surface area contributed by atoms with E-state index in [1.54, 1.807) is 42.5 Å². The van der Waals surface area contributed by atoms with Crippen LogP contribution in [-0.2, 0) is 21.0 Å². The fraction of sp³-hybridized carbons (Fsp3) is 0.208. The lowest BCUT2D eigenvalue weighted by atomic mass is 10.0. The van der Waals surface area contributed by atoms with Crippen LogP contribution in [0.5, 0.6) is 0 Å². The molecule has 3 aromatic carbocycles. The largest absolute Gasteiger partial charge is 0.418 e. The summed E-state index contributed by atoms with van der Waals surface area (Å²) in [5, 5.41) is 2.21. The van der Waals surface area contributed by atoms with Crippen molar-refractivity contribution in [3.8, 4) is 0 Å². The van der Waals surface area contributed by atoms with Gasteiger partial charge >= 0.3 is 6.18 Å². The molecule has 9 heteroatoms. The smallest absolute Gasteiger partial charge is 0.324 e. The maximum atomic E-state index is 13.3. The fourth-order valence-electron chi connectivity index (χ4n) is 3.22. The summed E-state index contributed by atoms with van der Waals surface area (Å²) in [6.45, 7) is 3.27. The summed E-state index contributed by atoms with van der Waals surface area (Å²) in [6.07, 6.45) is -4.67. The molecule has 0 spiro atoms. The lowest BCUT2D eigenvalue weighted by molar-refractivity contribution is -0.137. The van der Waals surface area contributed by atoms with Crippen LogP contribution in [0.4, 0.5) is 24.5 Å². The number of carbonyl (C=O) groups excluding carboxylic acids is 1. The molecule has 0 saturated heterocycles. The van der Waals surface area contributed by atoms with Crippen LogP contribution in [0.1, 0.15) is 30.9 Å². The van der Waals surface area contributed by atoms with E-state index in [2.05, 4.69) is 5.32 Å². The molecule has 174 valence electrons. The van der Waals surface area contributed by atoms with Gasteiger partial charge in [0.1, 0.15) is 6.54 Å². The number of nitrogens with zero attached hydrogens (tertiary/aromatic N) is 1. The Labute approximate surface area is 190 Å². The number of rotatable bonds is 7. The predicted molar refractivity (Wildman–Crippen MR) is 122 cm³/mol. The minimum Gasteiger partial charge on any atom is -0.324 e. The third-order valence-electron chi connectivity index (χ3n) is 4.97. The van der Waals surface area contributed by atoms with Crippen molar-refractivity contribution in [2.75, 3.05) is 16.2 Å². The maximum absolute atomic E-state index is 13.3. The number of alkyl halides is 3. The van der Waals surface area contributed by atoms with Crippen molar-refractivity contribution < 1.29 is 26.4 Å². The van der Waals surface area contributed by atoms with Crippen LogP contribution >= 0.6 is 0 Å². The lowest BCUT2D eigenvalue weighted by Crippen LogP contribution is -2.38. The van der Waals surface area contributed by atoms with Gasteiger partial charge in [-0.05, 0) is 47.9 Å². The molecule has 0 radical (unpaired) electrons. The molecule has 1 amide bonds. The van der Waals surface area contributed by atoms with Gasteiger partial charge in [0.15, 0.2) is 0 Å². The van der Waals surface area contributed by atoms with Crippen LogP contribution in [0, 0.1) is 0 Å². The van der Waals surface area contributed by atoms with Crippen LogP contribution < -0.4 is 9.62 Å². The van der Waals surface area contributed by atoms with E-state index in [0.29, 0.717) is 0 Å². The van der Waals surface area contributed by atoms with Crippen LogP contribution in [0.2, 0.25) is 0 Å². The zero-order chi connectivity index (χ0) is 24.2. The minimum absolute atomic E-state index is 0.0403. The molecule has 0 atom stereocenters. The van der Waals surface area contributed by atoms with Crippen molar-refractivity contribution in [2.24, 2.45) is 0 Å². The van der Waals surface area contributed by atoms with Crippen molar-refractivity contribution in [1.29, 1.82) is 0 Å². The summed E-state index contributed by atoms with van der Waals surface area (Å²) in [5.41, 5.74) is -0.263. The molecule has 5 nitrogen and oxygen atoms in total. The highest BCUT2D eigenvalue weighted by Crippen LogP contribution is 2.34. The lowest BCUT2D eigenvalue weighted by Gasteiger charge is -2.25. The molecule has 0 bridgehead atoms. The van der Waals surface area contributed by atoms with Gasteiger partial charge in [0.25, 0.3) is 10.0 Å². The highest BCUT2D eigenvalue weighted by atomic mass is 32.2. The number of sulfonamides is 1. The number of amides is 1. The van der Waals surface area contributed by atoms with Gasteiger partial charge in [0.2, 0.25) is 5.91 Å². The van der Waals surface area contributed by atoms with E-state index < -0.39 is 39.9 Å². The monoisotopic (exact) mass is 476 g/mol. The molecular weight excluding hydrogens is 453 g/mol. The Bertz CT molecular complexity index is 1210. The third kappa shape index (κ3) is 5.73. The maximum Gasteiger partial charge on any atom is 0.418 e. The van der Waals surface area contributed by atoms with Crippen LogP contribution in [-0.4, -0.2) is 20.9 Å². The van der Waals surface area contributed by atoms with E-state index >= 15 is 0 Å². The molecule has 0 aromatic heterocycles. The standard InChI is InChI=1S/C24H23F3N2O3S/c1-17(2)18-12-14-19(15-13-18)29(33(31,32)20-8-4-3-5-9-20)16-23(30)28-22-11-7-6-10-21(22)24(25,26)27/h3-15,17H,16H2,1-2H3,(H,28,30). The minimum atomic E-state index is -4.67. The topological polar surface area (TPSA) is 66.5 Å². The molecule has 0 unspecified atom stereocenters. The summed E-state index contributed by atoms with van der Waals surface area (Å²) in [6, 6.07) is 18.7. The summed E-state index contributed by atoms with van der Waals surface area (Å²) in [4.78, 5) is 12.7. The highest BCUT2D eigenvalue weighted by Gasteiger charge is 2.34. The molecule has 0 aliphatic carbocycles. The number of nitrogens with one attached hydrogen (secondary N) is 1. The Kier molecular flexibility index (Phi) is 7.12. The van der Waals surface area contributed by atoms with Crippen LogP contribution in [0.15, 0.2) is 83.8 Å². The van der Waals surface area contributed by atoms with E-state index in [9.17, 15) is 26.4 Å². The highest BCUT2D eigenvalue weighted by molar-refractivity contribution is 7.92. The molecule has 0 aliphatic heterocycles. The second kappa shape index (κ2) is 9.66. The summed E-state index contributed by atoms with van der Waals surface area (Å²) < 4.78 is 67.4. The van der Waals surface area contributed by atoms with Crippen molar-refractivity contribution in [3.63, 3.8) is 0 Å². The molecule has 0 fully saturated rings. The van der Waals surface area contributed by atoms with Gasteiger partial charge in [-0.3, -0.25) is 9.10 Å². The van der Waals surface area contributed by atoms with E-state index in [0.717, 1.165) is 22.0 Å². The number of anilines is 2. The first-order valence-corrected chi connectivity index (χ1v) is 11.6. The molecule has 0 saturated carbocycles. The van der Waals surface area contributed by atoms with Gasteiger partial charge in [0.05, 0.1) is 21.8 Å². The van der Waals surface area contributed by atoms with E-state index in [-0.39, 0.29) is 16.5 Å².